The van der Waals surface area contributed by atoms with Crippen LogP contribution in [0, 0.1) is 10.1 Å². The maximum absolute atomic E-state index is 10.1. The first-order chi connectivity index (χ1) is 4.00. The maximum atomic E-state index is 10.1. The molecule has 0 spiro atoms. The molecule has 0 aliphatic carbocycles. The smallest absolute Gasteiger partial charge is 0.269 e. The predicted molar refractivity (Wildman–Crippen MR) is 41.1 cm³/mol. The van der Waals surface area contributed by atoms with Crippen LogP contribution in [-0.2, 0) is 0 Å². The Balaban J connectivity index is 3.85. The zero-order chi connectivity index (χ0) is 7.49. The Morgan fingerprint density at radius 2 is 2.33 bits per heavy atom. The van der Waals surface area contributed by atoms with Crippen LogP contribution in [0.1, 0.15) is 13.3 Å². The first kappa shape index (κ1) is 9.09. The average molecular weight is 245 g/mol. The number of alkyl halides is 1. The minimum Gasteiger partial charge on any atom is -0.396 e. The van der Waals surface area contributed by atoms with Gasteiger partial charge in [-0.05, 0) is 0 Å². The minimum absolute atomic E-state index is 0.138. The molecule has 0 aromatic carbocycles. The highest BCUT2D eigenvalue weighted by molar-refractivity contribution is 14.1. The highest BCUT2D eigenvalue weighted by Crippen LogP contribution is 2.21. The van der Waals surface area contributed by atoms with Crippen molar-refractivity contribution < 1.29 is 10.0 Å². The molecule has 0 aromatic rings. The van der Waals surface area contributed by atoms with Gasteiger partial charge in [0.1, 0.15) is 0 Å². The van der Waals surface area contributed by atoms with Gasteiger partial charge in [-0.1, -0.05) is 0 Å². The van der Waals surface area contributed by atoms with Crippen molar-refractivity contribution in [2.75, 3.05) is 6.61 Å². The Kier molecular flexibility index (Phi) is 3.34. The predicted octanol–water partition coefficient (Wildman–Crippen LogP) is 0.797. The van der Waals surface area contributed by atoms with Gasteiger partial charge >= 0.3 is 0 Å². The second-order valence-electron chi connectivity index (χ2n) is 1.87. The fourth-order valence-electron chi connectivity index (χ4n) is 0.295. The van der Waals surface area contributed by atoms with E-state index in [-0.39, 0.29) is 13.0 Å². The summed E-state index contributed by atoms with van der Waals surface area (Å²) in [6.07, 6.45) is 0.195. The summed E-state index contributed by atoms with van der Waals surface area (Å²) in [5, 5.41) is 18.4. The fraction of sp³-hybridized carbons (Fsp3) is 1.00. The molecule has 1 atom stereocenters. The molecule has 54 valence electrons. The summed E-state index contributed by atoms with van der Waals surface area (Å²) in [5.74, 6) is 0. The molecule has 0 amide bonds. The van der Waals surface area contributed by atoms with Crippen molar-refractivity contribution in [2.45, 2.75) is 16.9 Å². The van der Waals surface area contributed by atoms with Crippen molar-refractivity contribution in [1.29, 1.82) is 0 Å². The van der Waals surface area contributed by atoms with Crippen LogP contribution in [0.25, 0.3) is 0 Å². The van der Waals surface area contributed by atoms with Crippen LogP contribution in [0.2, 0.25) is 0 Å². The Morgan fingerprint density at radius 1 is 1.89 bits per heavy atom. The SMILES string of the molecule is CC(I)(CCO)[N+](=O)[O-]. The monoisotopic (exact) mass is 245 g/mol. The summed E-state index contributed by atoms with van der Waals surface area (Å²) >= 11 is 1.71. The van der Waals surface area contributed by atoms with E-state index in [1.54, 1.807) is 22.6 Å². The molecule has 0 saturated heterocycles. The van der Waals surface area contributed by atoms with E-state index in [4.69, 9.17) is 5.11 Å². The van der Waals surface area contributed by atoms with Crippen LogP contribution < -0.4 is 0 Å². The summed E-state index contributed by atoms with van der Waals surface area (Å²) < 4.78 is -1.01. The third-order valence-electron chi connectivity index (χ3n) is 0.949. The average Bonchev–Trinajstić information content (AvgIpc) is 1.65. The molecule has 4 nitrogen and oxygen atoms in total. The lowest BCUT2D eigenvalue weighted by atomic mass is 10.3. The Bertz CT molecular complexity index is 114. The number of rotatable bonds is 3. The normalized spacial score (nSPS) is 16.8. The molecule has 0 aliphatic heterocycles. The largest absolute Gasteiger partial charge is 0.396 e. The maximum Gasteiger partial charge on any atom is 0.269 e. The Hall–Kier alpha value is 0.0900. The van der Waals surface area contributed by atoms with Crippen molar-refractivity contribution in [2.24, 2.45) is 0 Å². The molecule has 9 heavy (non-hydrogen) atoms. The minimum atomic E-state index is -1.01. The van der Waals surface area contributed by atoms with Gasteiger partial charge in [-0.3, -0.25) is 10.1 Å². The van der Waals surface area contributed by atoms with Crippen LogP contribution in [0.15, 0.2) is 0 Å². The topological polar surface area (TPSA) is 63.4 Å². The fourth-order valence-corrected chi connectivity index (χ4v) is 0.537. The van der Waals surface area contributed by atoms with Gasteiger partial charge in [0.25, 0.3) is 3.55 Å². The third kappa shape index (κ3) is 2.95. The highest BCUT2D eigenvalue weighted by Gasteiger charge is 2.31. The number of hydrogen-bond acceptors (Lipinski definition) is 3. The van der Waals surface area contributed by atoms with Gasteiger partial charge in [-0.15, -0.1) is 0 Å². The molecule has 0 radical (unpaired) electrons. The summed E-state index contributed by atoms with van der Waals surface area (Å²) in [6, 6.07) is 0. The third-order valence-corrected chi connectivity index (χ3v) is 1.88. The van der Waals surface area contributed by atoms with Crippen LogP contribution in [0.4, 0.5) is 0 Å². The van der Waals surface area contributed by atoms with Gasteiger partial charge in [0.15, 0.2) is 0 Å². The number of aliphatic hydroxyl groups excluding tert-OH is 1. The van der Waals surface area contributed by atoms with Gasteiger partial charge in [-0.25, -0.2) is 0 Å². The Labute approximate surface area is 66.5 Å². The van der Waals surface area contributed by atoms with E-state index in [2.05, 4.69) is 0 Å². The zero-order valence-electron chi connectivity index (χ0n) is 5.00. The molecular weight excluding hydrogens is 237 g/mol. The van der Waals surface area contributed by atoms with Crippen LogP contribution in [0.5, 0.6) is 0 Å². The first-order valence-electron chi connectivity index (χ1n) is 2.45. The number of hydrogen-bond donors (Lipinski definition) is 1. The van der Waals surface area contributed by atoms with Crippen LogP contribution in [-0.4, -0.2) is 20.2 Å². The highest BCUT2D eigenvalue weighted by atomic mass is 127. The lowest BCUT2D eigenvalue weighted by molar-refractivity contribution is -0.527. The van der Waals surface area contributed by atoms with Gasteiger partial charge in [-0.2, -0.15) is 0 Å². The second kappa shape index (κ2) is 3.31. The van der Waals surface area contributed by atoms with Gasteiger partial charge in [0.2, 0.25) is 0 Å². The molecule has 0 aliphatic rings. The van der Waals surface area contributed by atoms with E-state index >= 15 is 0 Å². The van der Waals surface area contributed by atoms with Crippen LogP contribution >= 0.6 is 22.6 Å². The molecule has 0 fully saturated rings. The lowest BCUT2D eigenvalue weighted by Gasteiger charge is -2.10. The summed E-state index contributed by atoms with van der Waals surface area (Å²) in [4.78, 5) is 9.70. The van der Waals surface area contributed by atoms with Crippen molar-refractivity contribution in [1.82, 2.24) is 0 Å². The van der Waals surface area contributed by atoms with Crippen molar-refractivity contribution in [3.05, 3.63) is 10.1 Å². The molecule has 1 N–H and O–H groups in total. The Morgan fingerprint density at radius 3 is 2.44 bits per heavy atom. The molecule has 1 unspecified atom stereocenters. The zero-order valence-corrected chi connectivity index (χ0v) is 7.16. The summed E-state index contributed by atoms with van der Waals surface area (Å²) in [7, 11) is 0. The number of nitro groups is 1. The van der Waals surface area contributed by atoms with Crippen molar-refractivity contribution in [3.63, 3.8) is 0 Å². The van der Waals surface area contributed by atoms with Crippen LogP contribution in [0.3, 0.4) is 0 Å². The molecule has 0 saturated carbocycles. The lowest BCUT2D eigenvalue weighted by Crippen LogP contribution is -2.27. The van der Waals surface area contributed by atoms with Gasteiger partial charge in [0.05, 0.1) is 13.0 Å². The molecular formula is C4H8INO3. The molecule has 0 heterocycles. The van der Waals surface area contributed by atoms with E-state index in [0.717, 1.165) is 0 Å². The van der Waals surface area contributed by atoms with E-state index in [0.29, 0.717) is 0 Å². The number of halogens is 1. The molecule has 0 rings (SSSR count). The summed E-state index contributed by atoms with van der Waals surface area (Å²) in [5.41, 5.74) is 0. The number of nitrogens with zero attached hydrogens (tertiary/aromatic N) is 1. The molecule has 0 aromatic heterocycles. The molecule has 0 bridgehead atoms. The van der Waals surface area contributed by atoms with E-state index < -0.39 is 8.47 Å². The van der Waals surface area contributed by atoms with Gasteiger partial charge < -0.3 is 5.11 Å². The van der Waals surface area contributed by atoms with E-state index in [9.17, 15) is 10.1 Å². The first-order valence-corrected chi connectivity index (χ1v) is 3.53. The quantitative estimate of drug-likeness (QED) is 0.263. The number of aliphatic hydroxyl groups is 1. The standard InChI is InChI=1S/C4H8INO3/c1-4(5,2-3-7)6(8)9/h7H,2-3H2,1H3. The molecule has 5 heteroatoms. The van der Waals surface area contributed by atoms with Crippen molar-refractivity contribution >= 4 is 22.6 Å². The second-order valence-corrected chi connectivity index (χ2v) is 4.20. The van der Waals surface area contributed by atoms with Crippen molar-refractivity contribution in [3.8, 4) is 0 Å². The van der Waals surface area contributed by atoms with Gasteiger partial charge in [0, 0.05) is 34.4 Å². The van der Waals surface area contributed by atoms with E-state index in [1.165, 1.54) is 6.92 Å². The summed E-state index contributed by atoms with van der Waals surface area (Å²) in [6.45, 7) is 1.34. The van der Waals surface area contributed by atoms with E-state index in [1.807, 2.05) is 0 Å².